The number of hydrogen-bond acceptors (Lipinski definition) is 4. The van der Waals surface area contributed by atoms with E-state index in [1.54, 1.807) is 0 Å². The van der Waals surface area contributed by atoms with E-state index in [-0.39, 0.29) is 17.4 Å². The quantitative estimate of drug-likeness (QED) is 0.633. The van der Waals surface area contributed by atoms with Crippen LogP contribution in [0.1, 0.15) is 12.8 Å². The van der Waals surface area contributed by atoms with E-state index < -0.39 is 17.7 Å². The number of nitrogens with two attached hydrogens (primary N) is 1. The van der Waals surface area contributed by atoms with Crippen LogP contribution in [0.15, 0.2) is 35.1 Å². The van der Waals surface area contributed by atoms with E-state index in [4.69, 9.17) is 5.73 Å². The van der Waals surface area contributed by atoms with Gasteiger partial charge in [0.05, 0.1) is 17.6 Å². The Kier molecular flexibility index (Phi) is 6.04. The zero-order valence-corrected chi connectivity index (χ0v) is 12.5. The van der Waals surface area contributed by atoms with Crippen LogP contribution >= 0.6 is 0 Å². The van der Waals surface area contributed by atoms with Gasteiger partial charge in [-0.3, -0.25) is 4.99 Å². The molecular formula is C15H19F2N5O. The third-order valence-electron chi connectivity index (χ3n) is 3.31. The lowest BCUT2D eigenvalue weighted by atomic mass is 10.1. The Hall–Kier alpha value is -2.48. The average molecular weight is 323 g/mol. The van der Waals surface area contributed by atoms with Gasteiger partial charge in [0.2, 0.25) is 0 Å². The number of allylic oxidation sites excluding steroid dienone is 1. The lowest BCUT2D eigenvalue weighted by Gasteiger charge is -2.23. The summed E-state index contributed by atoms with van der Waals surface area (Å²) in [7, 11) is 0. The Labute approximate surface area is 132 Å². The Morgan fingerprint density at radius 3 is 2.52 bits per heavy atom. The second-order valence-corrected chi connectivity index (χ2v) is 5.13. The van der Waals surface area contributed by atoms with E-state index in [1.165, 1.54) is 6.21 Å². The lowest BCUT2D eigenvalue weighted by Crippen LogP contribution is -2.46. The minimum Gasteiger partial charge on any atom is -0.403 e. The van der Waals surface area contributed by atoms with E-state index in [0.29, 0.717) is 0 Å². The zero-order chi connectivity index (χ0) is 16.7. The molecular weight excluding hydrogens is 304 g/mol. The molecule has 0 saturated carbocycles. The molecule has 0 bridgehead atoms. The van der Waals surface area contributed by atoms with Gasteiger partial charge < -0.3 is 21.7 Å². The number of nitrogens with one attached hydrogen (secondary N) is 3. The highest BCUT2D eigenvalue weighted by atomic mass is 19.1. The lowest BCUT2D eigenvalue weighted by molar-refractivity contribution is 0.236. The van der Waals surface area contributed by atoms with Gasteiger partial charge in [0.1, 0.15) is 11.6 Å². The summed E-state index contributed by atoms with van der Waals surface area (Å²) in [5.41, 5.74) is 5.73. The number of aliphatic imine (C=N–C) groups is 1. The predicted molar refractivity (Wildman–Crippen MR) is 84.3 cm³/mol. The van der Waals surface area contributed by atoms with Crippen LogP contribution in [-0.4, -0.2) is 31.4 Å². The molecule has 6 nitrogen and oxygen atoms in total. The summed E-state index contributed by atoms with van der Waals surface area (Å²) < 4.78 is 26.1. The molecule has 1 aliphatic rings. The van der Waals surface area contributed by atoms with Gasteiger partial charge in [0.25, 0.3) is 0 Å². The van der Waals surface area contributed by atoms with Gasteiger partial charge in [0, 0.05) is 18.3 Å². The number of piperidine rings is 1. The average Bonchev–Trinajstić information content (AvgIpc) is 2.51. The van der Waals surface area contributed by atoms with Crippen molar-refractivity contribution >= 4 is 17.9 Å². The normalized spacial score (nSPS) is 16.5. The Bertz CT molecular complexity index is 592. The molecule has 1 aromatic rings. The van der Waals surface area contributed by atoms with Gasteiger partial charge in [-0.15, -0.1) is 0 Å². The van der Waals surface area contributed by atoms with Crippen LogP contribution in [-0.2, 0) is 0 Å². The molecule has 23 heavy (non-hydrogen) atoms. The SMILES string of the molecule is NC=C(C=Nc1cc(F)cc(F)c1)NC(=O)NC1CCNCC1. The third-order valence-corrected chi connectivity index (χ3v) is 3.31. The molecule has 5 N–H and O–H groups in total. The molecule has 1 heterocycles. The number of carbonyl (C=O) groups is 1. The molecule has 0 atom stereocenters. The molecule has 0 aromatic heterocycles. The Morgan fingerprint density at radius 1 is 1.26 bits per heavy atom. The summed E-state index contributed by atoms with van der Waals surface area (Å²) in [5, 5.41) is 8.58. The summed E-state index contributed by atoms with van der Waals surface area (Å²) in [6, 6.07) is 2.60. The van der Waals surface area contributed by atoms with Crippen molar-refractivity contribution < 1.29 is 13.6 Å². The van der Waals surface area contributed by atoms with E-state index >= 15 is 0 Å². The molecule has 2 amide bonds. The fourth-order valence-electron chi connectivity index (χ4n) is 2.19. The Balaban J connectivity index is 1.91. The van der Waals surface area contributed by atoms with Crippen LogP contribution in [0.25, 0.3) is 0 Å². The van der Waals surface area contributed by atoms with Crippen LogP contribution in [0.4, 0.5) is 19.3 Å². The summed E-state index contributed by atoms with van der Waals surface area (Å²) in [6.45, 7) is 1.72. The van der Waals surface area contributed by atoms with Crippen molar-refractivity contribution in [1.29, 1.82) is 0 Å². The first-order valence-corrected chi connectivity index (χ1v) is 7.27. The topological polar surface area (TPSA) is 91.5 Å². The standard InChI is InChI=1S/C15H19F2N5O/c16-10-5-11(17)7-13(6-10)20-9-14(8-18)22-15(23)21-12-1-3-19-4-2-12/h5-9,12,19H,1-4,18H2,(H2,21,22,23). The molecule has 0 radical (unpaired) electrons. The molecule has 1 fully saturated rings. The minimum atomic E-state index is -0.730. The first kappa shape index (κ1) is 16.9. The largest absolute Gasteiger partial charge is 0.403 e. The van der Waals surface area contributed by atoms with Crippen molar-refractivity contribution in [2.24, 2.45) is 10.7 Å². The number of rotatable bonds is 4. The van der Waals surface area contributed by atoms with Crippen molar-refractivity contribution in [2.75, 3.05) is 13.1 Å². The fraction of sp³-hybridized carbons (Fsp3) is 0.333. The molecule has 0 spiro atoms. The number of halogens is 2. The first-order chi connectivity index (χ1) is 11.1. The molecule has 1 aromatic carbocycles. The number of hydrogen-bond donors (Lipinski definition) is 4. The number of amides is 2. The second kappa shape index (κ2) is 8.23. The van der Waals surface area contributed by atoms with E-state index in [1.807, 2.05) is 0 Å². The summed E-state index contributed by atoms with van der Waals surface area (Å²) in [4.78, 5) is 15.8. The highest BCUT2D eigenvalue weighted by Gasteiger charge is 2.15. The van der Waals surface area contributed by atoms with E-state index in [9.17, 15) is 13.6 Å². The van der Waals surface area contributed by atoms with E-state index in [2.05, 4.69) is 20.9 Å². The van der Waals surface area contributed by atoms with Crippen molar-refractivity contribution in [2.45, 2.75) is 18.9 Å². The van der Waals surface area contributed by atoms with Crippen LogP contribution in [0, 0.1) is 11.6 Å². The Morgan fingerprint density at radius 2 is 1.91 bits per heavy atom. The van der Waals surface area contributed by atoms with Crippen LogP contribution in [0.5, 0.6) is 0 Å². The third kappa shape index (κ3) is 5.67. The van der Waals surface area contributed by atoms with Gasteiger partial charge in [-0.2, -0.15) is 0 Å². The molecule has 0 unspecified atom stereocenters. The first-order valence-electron chi connectivity index (χ1n) is 7.27. The monoisotopic (exact) mass is 323 g/mol. The number of carbonyl (C=O) groups excluding carboxylic acids is 1. The summed E-state index contributed by atoms with van der Waals surface area (Å²) in [6.07, 6.45) is 4.09. The predicted octanol–water partition coefficient (Wildman–Crippen LogP) is 1.52. The molecule has 2 rings (SSSR count). The number of benzene rings is 1. The fourth-order valence-corrected chi connectivity index (χ4v) is 2.19. The molecule has 124 valence electrons. The maximum absolute atomic E-state index is 13.1. The molecule has 8 heteroatoms. The minimum absolute atomic E-state index is 0.0856. The van der Waals surface area contributed by atoms with Gasteiger partial charge in [0.15, 0.2) is 0 Å². The molecule has 0 aliphatic carbocycles. The van der Waals surface area contributed by atoms with Gasteiger partial charge in [-0.1, -0.05) is 0 Å². The van der Waals surface area contributed by atoms with Crippen LogP contribution in [0.2, 0.25) is 0 Å². The van der Waals surface area contributed by atoms with Crippen molar-refractivity contribution in [1.82, 2.24) is 16.0 Å². The number of nitrogens with zero attached hydrogens (tertiary/aromatic N) is 1. The van der Waals surface area contributed by atoms with E-state index in [0.717, 1.165) is 50.3 Å². The maximum atomic E-state index is 13.1. The molecule has 1 aliphatic heterocycles. The second-order valence-electron chi connectivity index (χ2n) is 5.13. The highest BCUT2D eigenvalue weighted by Crippen LogP contribution is 2.15. The van der Waals surface area contributed by atoms with Gasteiger partial charge >= 0.3 is 6.03 Å². The number of urea groups is 1. The van der Waals surface area contributed by atoms with Crippen LogP contribution < -0.4 is 21.7 Å². The van der Waals surface area contributed by atoms with Crippen molar-refractivity contribution in [3.05, 3.63) is 41.7 Å². The van der Waals surface area contributed by atoms with Gasteiger partial charge in [-0.25, -0.2) is 13.6 Å². The highest BCUT2D eigenvalue weighted by molar-refractivity contribution is 5.88. The summed E-state index contributed by atoms with van der Waals surface area (Å²) in [5.74, 6) is -1.46. The summed E-state index contributed by atoms with van der Waals surface area (Å²) >= 11 is 0. The smallest absolute Gasteiger partial charge is 0.319 e. The van der Waals surface area contributed by atoms with Crippen molar-refractivity contribution in [3.63, 3.8) is 0 Å². The van der Waals surface area contributed by atoms with Crippen molar-refractivity contribution in [3.8, 4) is 0 Å². The zero-order valence-electron chi connectivity index (χ0n) is 12.5. The maximum Gasteiger partial charge on any atom is 0.319 e. The molecule has 1 saturated heterocycles. The van der Waals surface area contributed by atoms with Crippen LogP contribution in [0.3, 0.4) is 0 Å². The van der Waals surface area contributed by atoms with Gasteiger partial charge in [-0.05, 0) is 38.1 Å².